The zero-order valence-electron chi connectivity index (χ0n) is 17.1. The number of thiazole rings is 1. The lowest BCUT2D eigenvalue weighted by Crippen LogP contribution is -2.46. The van der Waals surface area contributed by atoms with E-state index in [4.69, 9.17) is 4.98 Å². The van der Waals surface area contributed by atoms with Crippen LogP contribution in [0.4, 0.5) is 5.69 Å². The number of carbonyl (C=O) groups excluding carboxylic acids is 1. The van der Waals surface area contributed by atoms with Gasteiger partial charge in [0.2, 0.25) is 5.91 Å². The first-order chi connectivity index (χ1) is 14.1. The number of para-hydroxylation sites is 2. The normalized spacial score (nSPS) is 18.7. The van der Waals surface area contributed by atoms with E-state index in [0.717, 1.165) is 50.2 Å². The summed E-state index contributed by atoms with van der Waals surface area (Å²) in [5.41, 5.74) is 3.71. The number of fused-ring (bicyclic) bond motifs is 3. The van der Waals surface area contributed by atoms with Crippen LogP contribution in [0.1, 0.15) is 37.3 Å². The first kappa shape index (κ1) is 18.8. The fourth-order valence-electron chi connectivity index (χ4n) is 4.88. The van der Waals surface area contributed by atoms with Gasteiger partial charge in [0.25, 0.3) is 0 Å². The summed E-state index contributed by atoms with van der Waals surface area (Å²) in [7, 11) is 0. The SMILES string of the molecule is CC(C)C(=O)N1CC2(CCN(Cc3nc4ccccc4s3)CC2)c2ccccc21. The second-order valence-corrected chi connectivity index (χ2v) is 9.84. The minimum absolute atomic E-state index is 0.0253. The molecule has 29 heavy (non-hydrogen) atoms. The summed E-state index contributed by atoms with van der Waals surface area (Å²) in [6.45, 7) is 7.85. The van der Waals surface area contributed by atoms with Crippen LogP contribution in [-0.4, -0.2) is 35.4 Å². The number of anilines is 1. The molecule has 1 amide bonds. The quantitative estimate of drug-likeness (QED) is 0.626. The molecule has 150 valence electrons. The molecule has 3 heterocycles. The second-order valence-electron chi connectivity index (χ2n) is 8.73. The van der Waals surface area contributed by atoms with Crippen molar-refractivity contribution in [2.24, 2.45) is 5.92 Å². The van der Waals surface area contributed by atoms with E-state index in [9.17, 15) is 4.79 Å². The molecule has 1 aromatic heterocycles. The average Bonchev–Trinajstić information content (AvgIpc) is 3.28. The van der Waals surface area contributed by atoms with Crippen LogP contribution in [-0.2, 0) is 16.8 Å². The van der Waals surface area contributed by atoms with Gasteiger partial charge in [0.1, 0.15) is 5.01 Å². The molecule has 2 aliphatic heterocycles. The molecule has 1 fully saturated rings. The van der Waals surface area contributed by atoms with Crippen molar-refractivity contribution in [2.45, 2.75) is 38.6 Å². The van der Waals surface area contributed by atoms with Crippen LogP contribution in [0.2, 0.25) is 0 Å². The van der Waals surface area contributed by atoms with Crippen LogP contribution >= 0.6 is 11.3 Å². The third kappa shape index (κ3) is 3.26. The first-order valence-corrected chi connectivity index (χ1v) is 11.4. The summed E-state index contributed by atoms with van der Waals surface area (Å²) < 4.78 is 1.27. The number of aromatic nitrogens is 1. The lowest BCUT2D eigenvalue weighted by Gasteiger charge is -2.39. The molecule has 2 aliphatic rings. The van der Waals surface area contributed by atoms with E-state index >= 15 is 0 Å². The third-order valence-corrected chi connectivity index (χ3v) is 7.52. The van der Waals surface area contributed by atoms with E-state index in [2.05, 4.69) is 53.4 Å². The molecular formula is C24H27N3OS. The van der Waals surface area contributed by atoms with Gasteiger partial charge in [-0.25, -0.2) is 4.98 Å². The Hall–Kier alpha value is -2.24. The van der Waals surface area contributed by atoms with Gasteiger partial charge in [-0.3, -0.25) is 9.69 Å². The Morgan fingerprint density at radius 3 is 2.59 bits per heavy atom. The van der Waals surface area contributed by atoms with Crippen molar-refractivity contribution in [3.63, 3.8) is 0 Å². The fourth-order valence-corrected chi connectivity index (χ4v) is 5.89. The van der Waals surface area contributed by atoms with Gasteiger partial charge in [0.05, 0.1) is 16.8 Å². The molecule has 3 aromatic rings. The zero-order chi connectivity index (χ0) is 20.0. The number of carbonyl (C=O) groups is 1. The maximum atomic E-state index is 12.8. The standard InChI is InChI=1S/C24H27N3OS/c1-17(2)23(28)27-16-24(18-7-3-5-9-20(18)27)11-13-26(14-12-24)15-22-25-19-8-4-6-10-21(19)29-22/h3-10,17H,11-16H2,1-2H3. The molecule has 0 saturated carbocycles. The number of hydrogen-bond acceptors (Lipinski definition) is 4. The average molecular weight is 406 g/mol. The smallest absolute Gasteiger partial charge is 0.229 e. The molecule has 1 saturated heterocycles. The van der Waals surface area contributed by atoms with Gasteiger partial charge in [-0.15, -0.1) is 11.3 Å². The highest BCUT2D eigenvalue weighted by molar-refractivity contribution is 7.18. The number of hydrogen-bond donors (Lipinski definition) is 0. The van der Waals surface area contributed by atoms with E-state index in [-0.39, 0.29) is 17.2 Å². The molecule has 0 radical (unpaired) electrons. The molecule has 5 heteroatoms. The van der Waals surface area contributed by atoms with Gasteiger partial charge >= 0.3 is 0 Å². The topological polar surface area (TPSA) is 36.4 Å². The van der Waals surface area contributed by atoms with E-state index in [1.807, 2.05) is 18.7 Å². The molecule has 4 nitrogen and oxygen atoms in total. The Labute approximate surface area is 176 Å². The van der Waals surface area contributed by atoms with Crippen molar-refractivity contribution in [1.82, 2.24) is 9.88 Å². The monoisotopic (exact) mass is 405 g/mol. The summed E-state index contributed by atoms with van der Waals surface area (Å²) in [5, 5.41) is 1.20. The van der Waals surface area contributed by atoms with Gasteiger partial charge in [-0.2, -0.15) is 0 Å². The largest absolute Gasteiger partial charge is 0.311 e. The highest BCUT2D eigenvalue weighted by Crippen LogP contribution is 2.47. The maximum Gasteiger partial charge on any atom is 0.229 e. The molecule has 0 aliphatic carbocycles. The number of nitrogens with zero attached hydrogens (tertiary/aromatic N) is 3. The van der Waals surface area contributed by atoms with Gasteiger partial charge in [0.15, 0.2) is 0 Å². The van der Waals surface area contributed by atoms with Crippen LogP contribution in [0, 0.1) is 5.92 Å². The van der Waals surface area contributed by atoms with Crippen molar-refractivity contribution in [1.29, 1.82) is 0 Å². The van der Waals surface area contributed by atoms with Crippen molar-refractivity contribution >= 4 is 33.1 Å². The summed E-state index contributed by atoms with van der Waals surface area (Å²) in [5.74, 6) is 0.267. The van der Waals surface area contributed by atoms with Gasteiger partial charge in [-0.05, 0) is 49.7 Å². The van der Waals surface area contributed by atoms with E-state index in [0.29, 0.717) is 0 Å². The fraction of sp³-hybridized carbons (Fsp3) is 0.417. The van der Waals surface area contributed by atoms with Crippen LogP contribution in [0.25, 0.3) is 10.2 Å². The molecule has 0 unspecified atom stereocenters. The van der Waals surface area contributed by atoms with Crippen molar-refractivity contribution < 1.29 is 4.79 Å². The predicted octanol–water partition coefficient (Wildman–Crippen LogP) is 4.83. The Bertz CT molecular complexity index is 1020. The molecule has 0 N–H and O–H groups in total. The molecule has 0 atom stereocenters. The third-order valence-electron chi connectivity index (χ3n) is 6.50. The minimum atomic E-state index is 0.0253. The molecular weight excluding hydrogens is 378 g/mol. The Balaban J connectivity index is 1.33. The van der Waals surface area contributed by atoms with Crippen LogP contribution in [0.3, 0.4) is 0 Å². The van der Waals surface area contributed by atoms with Crippen molar-refractivity contribution in [3.8, 4) is 0 Å². The number of amides is 1. The second kappa shape index (κ2) is 7.22. The summed E-state index contributed by atoms with van der Waals surface area (Å²) >= 11 is 1.81. The maximum absolute atomic E-state index is 12.8. The van der Waals surface area contributed by atoms with Crippen LogP contribution < -0.4 is 4.90 Å². The molecule has 2 aromatic carbocycles. The van der Waals surface area contributed by atoms with E-state index in [1.165, 1.54) is 15.3 Å². The predicted molar refractivity (Wildman–Crippen MR) is 119 cm³/mol. The number of benzene rings is 2. The van der Waals surface area contributed by atoms with Crippen LogP contribution in [0.15, 0.2) is 48.5 Å². The minimum Gasteiger partial charge on any atom is -0.311 e. The number of likely N-dealkylation sites (tertiary alicyclic amines) is 1. The summed E-state index contributed by atoms with van der Waals surface area (Å²) in [6.07, 6.45) is 2.19. The molecule has 5 rings (SSSR count). The van der Waals surface area contributed by atoms with Gasteiger partial charge in [-0.1, -0.05) is 44.2 Å². The van der Waals surface area contributed by atoms with E-state index < -0.39 is 0 Å². The Kier molecular flexibility index (Phi) is 4.67. The lowest BCUT2D eigenvalue weighted by molar-refractivity contribution is -0.121. The van der Waals surface area contributed by atoms with Crippen LogP contribution in [0.5, 0.6) is 0 Å². The lowest BCUT2D eigenvalue weighted by atomic mass is 9.74. The van der Waals surface area contributed by atoms with Gasteiger partial charge < -0.3 is 4.90 Å². The van der Waals surface area contributed by atoms with Crippen molar-refractivity contribution in [3.05, 3.63) is 59.1 Å². The summed E-state index contributed by atoms with van der Waals surface area (Å²) in [6, 6.07) is 16.9. The Morgan fingerprint density at radius 1 is 1.10 bits per heavy atom. The van der Waals surface area contributed by atoms with Gasteiger partial charge in [0, 0.05) is 23.6 Å². The number of rotatable bonds is 3. The highest BCUT2D eigenvalue weighted by atomic mass is 32.1. The van der Waals surface area contributed by atoms with E-state index in [1.54, 1.807) is 11.3 Å². The molecule has 1 spiro atoms. The molecule has 0 bridgehead atoms. The number of piperidine rings is 1. The van der Waals surface area contributed by atoms with Crippen molar-refractivity contribution in [2.75, 3.05) is 24.5 Å². The highest BCUT2D eigenvalue weighted by Gasteiger charge is 2.46. The Morgan fingerprint density at radius 2 is 1.83 bits per heavy atom. The zero-order valence-corrected chi connectivity index (χ0v) is 17.9. The first-order valence-electron chi connectivity index (χ1n) is 10.5. The summed E-state index contributed by atoms with van der Waals surface area (Å²) in [4.78, 5) is 22.2.